The lowest BCUT2D eigenvalue weighted by Crippen LogP contribution is -1.97. The van der Waals surface area contributed by atoms with E-state index in [-0.39, 0.29) is 11.4 Å². The van der Waals surface area contributed by atoms with E-state index in [0.717, 1.165) is 0 Å². The number of aldehydes is 1. The van der Waals surface area contributed by atoms with Gasteiger partial charge in [-0.1, -0.05) is 0 Å². The predicted octanol–water partition coefficient (Wildman–Crippen LogP) is 1.75. The number of carbonyl (C=O) groups is 1. The maximum Gasteiger partial charge on any atom is 0.293 e. The average molecular weight is 245 g/mol. The molecule has 0 aliphatic carbocycles. The van der Waals surface area contributed by atoms with Gasteiger partial charge in [-0.2, -0.15) is 0 Å². The van der Waals surface area contributed by atoms with Crippen LogP contribution in [0.25, 0.3) is 0 Å². The van der Waals surface area contributed by atoms with Crippen molar-refractivity contribution in [3.05, 3.63) is 32.3 Å². The quantitative estimate of drug-likeness (QED) is 0.372. The molecule has 0 fully saturated rings. The first kappa shape index (κ1) is 9.66. The first-order valence-corrected chi connectivity index (χ1v) is 4.04. The lowest BCUT2D eigenvalue weighted by Gasteiger charge is -1.99. The molecule has 0 saturated carbocycles. The summed E-state index contributed by atoms with van der Waals surface area (Å²) in [5.41, 5.74) is 5.41. The summed E-state index contributed by atoms with van der Waals surface area (Å²) in [6.45, 7) is 0. The van der Waals surface area contributed by atoms with Crippen molar-refractivity contribution in [2.45, 2.75) is 0 Å². The number of nitrogens with zero attached hydrogens (tertiary/aromatic N) is 1. The molecule has 13 heavy (non-hydrogen) atoms. The van der Waals surface area contributed by atoms with E-state index >= 15 is 0 Å². The van der Waals surface area contributed by atoms with Gasteiger partial charge in [0.05, 0.1) is 4.92 Å². The number of nitro benzene ring substituents is 1. The van der Waals surface area contributed by atoms with Crippen LogP contribution in [0.5, 0.6) is 0 Å². The van der Waals surface area contributed by atoms with Crippen LogP contribution >= 0.6 is 15.9 Å². The Morgan fingerprint density at radius 1 is 1.54 bits per heavy atom. The normalized spacial score (nSPS) is 9.62. The van der Waals surface area contributed by atoms with E-state index in [2.05, 4.69) is 15.9 Å². The van der Waals surface area contributed by atoms with E-state index < -0.39 is 4.92 Å². The molecular formula is C7H5BrN2O3. The van der Waals surface area contributed by atoms with Crippen LogP contribution in [0.2, 0.25) is 0 Å². The Bertz CT molecular complexity index is 378. The zero-order chi connectivity index (χ0) is 10.0. The van der Waals surface area contributed by atoms with Crippen molar-refractivity contribution in [1.82, 2.24) is 0 Å². The third-order valence-electron chi connectivity index (χ3n) is 1.47. The number of hydrogen-bond donors (Lipinski definition) is 1. The number of rotatable bonds is 2. The molecule has 0 radical (unpaired) electrons. The van der Waals surface area contributed by atoms with Crippen LogP contribution in [0.3, 0.4) is 0 Å². The zero-order valence-corrected chi connectivity index (χ0v) is 7.95. The van der Waals surface area contributed by atoms with Crippen LogP contribution in [-0.4, -0.2) is 11.2 Å². The number of benzene rings is 1. The Morgan fingerprint density at radius 2 is 2.15 bits per heavy atom. The minimum absolute atomic E-state index is 0.0182. The number of anilines is 1. The maximum absolute atomic E-state index is 10.4. The molecule has 0 amide bonds. The smallest absolute Gasteiger partial charge is 0.293 e. The molecule has 0 aromatic heterocycles. The highest BCUT2D eigenvalue weighted by Crippen LogP contribution is 2.28. The van der Waals surface area contributed by atoms with Crippen LogP contribution in [0.4, 0.5) is 11.4 Å². The number of nitro groups is 1. The highest BCUT2D eigenvalue weighted by atomic mass is 79.9. The van der Waals surface area contributed by atoms with Crippen molar-refractivity contribution in [3.8, 4) is 0 Å². The molecule has 6 heteroatoms. The largest absolute Gasteiger partial charge is 0.393 e. The third kappa shape index (κ3) is 1.83. The standard InChI is InChI=1S/C7H5BrN2O3/c8-5-2-7(10(12)13)6(9)1-4(5)3-11/h1-3H,9H2. The molecule has 0 aliphatic rings. The summed E-state index contributed by atoms with van der Waals surface area (Å²) in [7, 11) is 0. The fraction of sp³-hybridized carbons (Fsp3) is 0. The molecule has 1 rings (SSSR count). The Kier molecular flexibility index (Phi) is 2.62. The number of nitrogen functional groups attached to an aromatic ring is 1. The molecule has 1 aromatic carbocycles. The summed E-state index contributed by atoms with van der Waals surface area (Å²) in [6.07, 6.45) is 0.574. The molecule has 0 saturated heterocycles. The number of carbonyl (C=O) groups excluding carboxylic acids is 1. The molecular weight excluding hydrogens is 240 g/mol. The van der Waals surface area contributed by atoms with E-state index in [9.17, 15) is 14.9 Å². The van der Waals surface area contributed by atoms with Crippen molar-refractivity contribution in [2.75, 3.05) is 5.73 Å². The first-order valence-electron chi connectivity index (χ1n) is 3.25. The maximum atomic E-state index is 10.4. The number of halogens is 1. The summed E-state index contributed by atoms with van der Waals surface area (Å²) < 4.78 is 0.364. The third-order valence-corrected chi connectivity index (χ3v) is 2.16. The first-order chi connectivity index (χ1) is 6.06. The van der Waals surface area contributed by atoms with E-state index in [1.807, 2.05) is 0 Å². The molecule has 0 aliphatic heterocycles. The Labute approximate surface area is 81.8 Å². The fourth-order valence-corrected chi connectivity index (χ4v) is 1.27. The molecule has 0 heterocycles. The van der Waals surface area contributed by atoms with Gasteiger partial charge in [0.1, 0.15) is 5.69 Å². The van der Waals surface area contributed by atoms with E-state index in [1.54, 1.807) is 0 Å². The minimum Gasteiger partial charge on any atom is -0.393 e. The van der Waals surface area contributed by atoms with Gasteiger partial charge in [-0.25, -0.2) is 0 Å². The lowest BCUT2D eigenvalue weighted by molar-refractivity contribution is -0.384. The molecule has 0 unspecified atom stereocenters. The van der Waals surface area contributed by atoms with Gasteiger partial charge < -0.3 is 5.73 Å². The predicted molar refractivity (Wildman–Crippen MR) is 50.6 cm³/mol. The van der Waals surface area contributed by atoms with Crippen LogP contribution in [0.1, 0.15) is 10.4 Å². The second-order valence-electron chi connectivity index (χ2n) is 2.31. The second-order valence-corrected chi connectivity index (χ2v) is 3.16. The van der Waals surface area contributed by atoms with Crippen LogP contribution in [0, 0.1) is 10.1 Å². The van der Waals surface area contributed by atoms with Gasteiger partial charge in [-0.3, -0.25) is 14.9 Å². The Hall–Kier alpha value is -1.43. The molecule has 0 atom stereocenters. The molecule has 5 nitrogen and oxygen atoms in total. The van der Waals surface area contributed by atoms with Crippen molar-refractivity contribution in [2.24, 2.45) is 0 Å². The molecule has 2 N–H and O–H groups in total. The van der Waals surface area contributed by atoms with Gasteiger partial charge in [0, 0.05) is 16.1 Å². The van der Waals surface area contributed by atoms with Gasteiger partial charge in [0.2, 0.25) is 0 Å². The van der Waals surface area contributed by atoms with Crippen molar-refractivity contribution in [3.63, 3.8) is 0 Å². The van der Waals surface area contributed by atoms with E-state index in [0.29, 0.717) is 16.3 Å². The van der Waals surface area contributed by atoms with Crippen LogP contribution in [0.15, 0.2) is 16.6 Å². The van der Waals surface area contributed by atoms with E-state index in [4.69, 9.17) is 5.73 Å². The van der Waals surface area contributed by atoms with Gasteiger partial charge >= 0.3 is 0 Å². The summed E-state index contributed by atoms with van der Waals surface area (Å²) in [5.74, 6) is 0. The highest BCUT2D eigenvalue weighted by molar-refractivity contribution is 9.10. The van der Waals surface area contributed by atoms with Gasteiger partial charge in [0.15, 0.2) is 6.29 Å². The Morgan fingerprint density at radius 3 is 2.62 bits per heavy atom. The number of hydrogen-bond acceptors (Lipinski definition) is 4. The van der Waals surface area contributed by atoms with Gasteiger partial charge in [0.25, 0.3) is 5.69 Å². The van der Waals surface area contributed by atoms with Crippen LogP contribution in [-0.2, 0) is 0 Å². The summed E-state index contributed by atoms with van der Waals surface area (Å²) >= 11 is 3.02. The number of nitrogens with two attached hydrogens (primary N) is 1. The van der Waals surface area contributed by atoms with Crippen molar-refractivity contribution >= 4 is 33.6 Å². The van der Waals surface area contributed by atoms with Gasteiger partial charge in [-0.05, 0) is 22.0 Å². The summed E-state index contributed by atoms with van der Waals surface area (Å²) in [4.78, 5) is 20.2. The van der Waals surface area contributed by atoms with Crippen molar-refractivity contribution in [1.29, 1.82) is 0 Å². The fourth-order valence-electron chi connectivity index (χ4n) is 0.846. The molecule has 68 valence electrons. The zero-order valence-electron chi connectivity index (χ0n) is 6.36. The summed E-state index contributed by atoms with van der Waals surface area (Å²) in [6, 6.07) is 2.47. The molecule has 0 spiro atoms. The topological polar surface area (TPSA) is 86.2 Å². The molecule has 1 aromatic rings. The summed E-state index contributed by atoms with van der Waals surface area (Å²) in [5, 5.41) is 10.4. The highest BCUT2D eigenvalue weighted by Gasteiger charge is 2.14. The lowest BCUT2D eigenvalue weighted by atomic mass is 10.2. The van der Waals surface area contributed by atoms with Gasteiger partial charge in [-0.15, -0.1) is 0 Å². The SMILES string of the molecule is Nc1cc(C=O)c(Br)cc1[N+](=O)[O-]. The molecule has 0 bridgehead atoms. The average Bonchev–Trinajstić information content (AvgIpc) is 2.07. The Balaban J connectivity index is 3.36. The monoisotopic (exact) mass is 244 g/mol. The second kappa shape index (κ2) is 3.53. The van der Waals surface area contributed by atoms with E-state index in [1.165, 1.54) is 12.1 Å². The van der Waals surface area contributed by atoms with Crippen LogP contribution < -0.4 is 5.73 Å². The van der Waals surface area contributed by atoms with Crippen molar-refractivity contribution < 1.29 is 9.72 Å². The minimum atomic E-state index is -0.603.